The molecule has 0 bridgehead atoms. The van der Waals surface area contributed by atoms with Gasteiger partial charge in [0.05, 0.1) is 16.8 Å². The molecule has 7 nitrogen and oxygen atoms in total. The number of rotatable bonds is 5. The Balaban J connectivity index is 1.28. The summed E-state index contributed by atoms with van der Waals surface area (Å²) < 4.78 is 41.3. The molecular weight excluding hydrogens is 485 g/mol. The van der Waals surface area contributed by atoms with E-state index in [9.17, 15) is 12.8 Å². The summed E-state index contributed by atoms with van der Waals surface area (Å²) in [7, 11) is -3.73. The van der Waals surface area contributed by atoms with Crippen LogP contribution in [0.25, 0.3) is 10.2 Å². The number of piperazine rings is 1. The van der Waals surface area contributed by atoms with Gasteiger partial charge in [-0.3, -0.25) is 4.90 Å². The molecule has 0 unspecified atom stereocenters. The molecule has 10 heteroatoms. The van der Waals surface area contributed by atoms with Crippen molar-refractivity contribution < 1.29 is 12.8 Å². The Bertz CT molecular complexity index is 1350. The number of aromatic nitrogens is 2. The summed E-state index contributed by atoms with van der Waals surface area (Å²) in [5.74, 6) is 1.29. The monoisotopic (exact) mass is 515 g/mol. The molecule has 4 heterocycles. The van der Waals surface area contributed by atoms with Gasteiger partial charge in [-0.1, -0.05) is 12.5 Å². The number of hydrogen-bond donors (Lipinski definition) is 0. The molecule has 0 radical (unpaired) electrons. The van der Waals surface area contributed by atoms with Crippen LogP contribution in [-0.4, -0.2) is 66.9 Å². The van der Waals surface area contributed by atoms with Crippen molar-refractivity contribution in [2.75, 3.05) is 44.2 Å². The van der Waals surface area contributed by atoms with Crippen molar-refractivity contribution in [3.63, 3.8) is 0 Å². The highest BCUT2D eigenvalue weighted by Crippen LogP contribution is 2.41. The third kappa shape index (κ3) is 4.45. The first-order chi connectivity index (χ1) is 17.0. The molecule has 186 valence electrons. The van der Waals surface area contributed by atoms with E-state index >= 15 is 0 Å². The molecule has 1 aliphatic carbocycles. The Labute approximate surface area is 209 Å². The fourth-order valence-electron chi connectivity index (χ4n) is 5.55. The Morgan fingerprint density at radius 2 is 1.74 bits per heavy atom. The standard InChI is InChI=1S/C25H30FN5O2S2/c26-18-6-4-7-19(16-18)35(32,33)31-14-12-30(13-15-31)24-23-20-8-5-9-21(20)34-25(23)28-22(27-24)17-29-10-2-1-3-11-29/h4,6-7,16H,1-3,5,8-15,17H2. The van der Waals surface area contributed by atoms with Crippen LogP contribution in [0.3, 0.4) is 0 Å². The first kappa shape index (κ1) is 23.3. The lowest BCUT2D eigenvalue weighted by Gasteiger charge is -2.35. The summed E-state index contributed by atoms with van der Waals surface area (Å²) >= 11 is 1.81. The van der Waals surface area contributed by atoms with Crippen LogP contribution in [0, 0.1) is 5.82 Å². The zero-order chi connectivity index (χ0) is 24.0. The Kier molecular flexibility index (Phi) is 6.24. The van der Waals surface area contributed by atoms with Crippen molar-refractivity contribution in [2.24, 2.45) is 0 Å². The number of nitrogens with zero attached hydrogens (tertiary/aromatic N) is 5. The van der Waals surface area contributed by atoms with Gasteiger partial charge in [-0.15, -0.1) is 11.3 Å². The maximum absolute atomic E-state index is 13.7. The van der Waals surface area contributed by atoms with Gasteiger partial charge in [0.1, 0.15) is 22.3 Å². The van der Waals surface area contributed by atoms with Gasteiger partial charge in [0.25, 0.3) is 0 Å². The van der Waals surface area contributed by atoms with Gasteiger partial charge >= 0.3 is 0 Å². The number of sulfonamides is 1. The van der Waals surface area contributed by atoms with Crippen LogP contribution in [0.5, 0.6) is 0 Å². The zero-order valence-corrected chi connectivity index (χ0v) is 21.4. The van der Waals surface area contributed by atoms with E-state index < -0.39 is 15.8 Å². The molecule has 1 aromatic carbocycles. The molecule has 0 spiro atoms. The highest BCUT2D eigenvalue weighted by molar-refractivity contribution is 7.89. The summed E-state index contributed by atoms with van der Waals surface area (Å²) in [4.78, 5) is 17.3. The topological polar surface area (TPSA) is 69.6 Å². The normalized spacial score (nSPS) is 20.0. The maximum Gasteiger partial charge on any atom is 0.243 e. The van der Waals surface area contributed by atoms with Crippen molar-refractivity contribution >= 4 is 37.4 Å². The van der Waals surface area contributed by atoms with Crippen LogP contribution in [0.4, 0.5) is 10.2 Å². The summed E-state index contributed by atoms with van der Waals surface area (Å²) in [5.41, 5.74) is 1.39. The molecule has 0 amide bonds. The van der Waals surface area contributed by atoms with Gasteiger partial charge in [-0.05, 0) is 69.0 Å². The second-order valence-corrected chi connectivity index (χ2v) is 12.7. The Morgan fingerprint density at radius 1 is 0.943 bits per heavy atom. The fraction of sp³-hybridized carbons (Fsp3) is 0.520. The molecule has 6 rings (SSSR count). The molecule has 2 saturated heterocycles. The minimum atomic E-state index is -3.73. The first-order valence-electron chi connectivity index (χ1n) is 12.5. The van der Waals surface area contributed by atoms with Crippen molar-refractivity contribution in [3.05, 3.63) is 46.3 Å². The second kappa shape index (κ2) is 9.38. The molecule has 35 heavy (non-hydrogen) atoms. The SMILES string of the molecule is O=S(=O)(c1cccc(F)c1)N1CCN(c2nc(CN3CCCCC3)nc3sc4c(c23)CCC4)CC1. The van der Waals surface area contributed by atoms with E-state index in [1.54, 1.807) is 11.3 Å². The van der Waals surface area contributed by atoms with Gasteiger partial charge in [0, 0.05) is 31.1 Å². The average molecular weight is 516 g/mol. The number of halogens is 1. The predicted molar refractivity (Wildman–Crippen MR) is 136 cm³/mol. The van der Waals surface area contributed by atoms with Gasteiger partial charge in [0.15, 0.2) is 0 Å². The third-order valence-corrected chi connectivity index (χ3v) is 10.5. The number of anilines is 1. The highest BCUT2D eigenvalue weighted by atomic mass is 32.2. The minimum absolute atomic E-state index is 0.00912. The molecule has 3 aromatic rings. The number of thiophene rings is 1. The molecule has 0 atom stereocenters. The van der Waals surface area contributed by atoms with Gasteiger partial charge in [-0.2, -0.15) is 4.31 Å². The number of aryl methyl sites for hydroxylation is 2. The zero-order valence-electron chi connectivity index (χ0n) is 19.7. The van der Waals surface area contributed by atoms with Crippen LogP contribution in [0.15, 0.2) is 29.2 Å². The Morgan fingerprint density at radius 3 is 2.51 bits per heavy atom. The lowest BCUT2D eigenvalue weighted by atomic mass is 10.1. The van der Waals surface area contributed by atoms with Gasteiger partial charge < -0.3 is 4.90 Å². The van der Waals surface area contributed by atoms with Gasteiger partial charge in [0.2, 0.25) is 10.0 Å². The number of fused-ring (bicyclic) bond motifs is 3. The van der Waals surface area contributed by atoms with E-state index in [2.05, 4.69) is 9.80 Å². The molecule has 2 fully saturated rings. The van der Waals surface area contributed by atoms with Gasteiger partial charge in [-0.25, -0.2) is 22.8 Å². The molecular formula is C25H30FN5O2S2. The summed E-state index contributed by atoms with van der Waals surface area (Å²) in [6.45, 7) is 4.74. The minimum Gasteiger partial charge on any atom is -0.353 e. The number of likely N-dealkylation sites (tertiary alicyclic amines) is 1. The smallest absolute Gasteiger partial charge is 0.243 e. The van der Waals surface area contributed by atoms with E-state index in [1.807, 2.05) is 0 Å². The van der Waals surface area contributed by atoms with E-state index in [-0.39, 0.29) is 4.90 Å². The average Bonchev–Trinajstić information content (AvgIpc) is 3.45. The molecule has 3 aliphatic rings. The molecule has 0 N–H and O–H groups in total. The van der Waals surface area contributed by atoms with Crippen LogP contribution in [0.1, 0.15) is 41.9 Å². The number of piperidine rings is 1. The lowest BCUT2D eigenvalue weighted by Crippen LogP contribution is -2.49. The second-order valence-electron chi connectivity index (χ2n) is 9.69. The van der Waals surface area contributed by atoms with Crippen LogP contribution in [-0.2, 0) is 29.4 Å². The Hall–Kier alpha value is -2.14. The van der Waals surface area contributed by atoms with E-state index in [0.717, 1.165) is 55.0 Å². The molecule has 2 aliphatic heterocycles. The largest absolute Gasteiger partial charge is 0.353 e. The van der Waals surface area contributed by atoms with Crippen molar-refractivity contribution in [2.45, 2.75) is 50.0 Å². The first-order valence-corrected chi connectivity index (χ1v) is 14.8. The summed E-state index contributed by atoms with van der Waals surface area (Å²) in [6, 6.07) is 5.26. The van der Waals surface area contributed by atoms with E-state index in [1.165, 1.54) is 64.0 Å². The predicted octanol–water partition coefficient (Wildman–Crippen LogP) is 3.82. The van der Waals surface area contributed by atoms with E-state index in [0.29, 0.717) is 26.2 Å². The number of hydrogen-bond acceptors (Lipinski definition) is 7. The summed E-state index contributed by atoms with van der Waals surface area (Å²) in [5, 5.41) is 1.17. The lowest BCUT2D eigenvalue weighted by molar-refractivity contribution is 0.216. The quantitative estimate of drug-likeness (QED) is 0.515. The van der Waals surface area contributed by atoms with Crippen molar-refractivity contribution in [1.29, 1.82) is 0 Å². The molecule has 2 aromatic heterocycles. The summed E-state index contributed by atoms with van der Waals surface area (Å²) in [6.07, 6.45) is 7.09. The highest BCUT2D eigenvalue weighted by Gasteiger charge is 2.32. The van der Waals surface area contributed by atoms with Crippen LogP contribution in [0.2, 0.25) is 0 Å². The number of benzene rings is 1. The van der Waals surface area contributed by atoms with Crippen molar-refractivity contribution in [1.82, 2.24) is 19.2 Å². The molecule has 0 saturated carbocycles. The van der Waals surface area contributed by atoms with Crippen LogP contribution >= 0.6 is 11.3 Å². The third-order valence-electron chi connectivity index (χ3n) is 7.38. The van der Waals surface area contributed by atoms with Crippen molar-refractivity contribution in [3.8, 4) is 0 Å². The fourth-order valence-corrected chi connectivity index (χ4v) is 8.28. The van der Waals surface area contributed by atoms with E-state index in [4.69, 9.17) is 9.97 Å². The van der Waals surface area contributed by atoms with Crippen LogP contribution < -0.4 is 4.90 Å². The maximum atomic E-state index is 13.7.